The molecule has 2 fully saturated rings. The van der Waals surface area contributed by atoms with Gasteiger partial charge in [0, 0.05) is 6.61 Å². The van der Waals surface area contributed by atoms with E-state index in [4.69, 9.17) is 4.74 Å². The Labute approximate surface area is 112 Å². The first kappa shape index (κ1) is 13.9. The minimum atomic E-state index is -0.443. The fourth-order valence-corrected chi connectivity index (χ4v) is 3.77. The van der Waals surface area contributed by atoms with Crippen molar-refractivity contribution >= 4 is 0 Å². The van der Waals surface area contributed by atoms with E-state index in [1.807, 2.05) is 0 Å². The van der Waals surface area contributed by atoms with Gasteiger partial charge < -0.3 is 4.74 Å². The van der Waals surface area contributed by atoms with Crippen molar-refractivity contribution in [2.24, 2.45) is 11.8 Å². The first-order valence-electron chi connectivity index (χ1n) is 7.85. The summed E-state index contributed by atoms with van der Waals surface area (Å²) in [5, 5.41) is 9.39. The van der Waals surface area contributed by atoms with Gasteiger partial charge in [0.25, 0.3) is 0 Å². The van der Waals surface area contributed by atoms with E-state index in [9.17, 15) is 5.26 Å². The zero-order valence-electron chi connectivity index (χ0n) is 11.8. The van der Waals surface area contributed by atoms with E-state index in [0.29, 0.717) is 0 Å². The number of hydrogen-bond donors (Lipinski definition) is 0. The molecule has 0 aromatic carbocycles. The van der Waals surface area contributed by atoms with E-state index in [1.165, 1.54) is 44.9 Å². The molecule has 102 valence electrons. The Hall–Kier alpha value is -0.550. The first-order chi connectivity index (χ1) is 8.79. The molecular formula is C16H27NO. The van der Waals surface area contributed by atoms with Crippen LogP contribution in [0.2, 0.25) is 0 Å². The Bertz CT molecular complexity index is 280. The van der Waals surface area contributed by atoms with Crippen LogP contribution in [-0.2, 0) is 4.74 Å². The van der Waals surface area contributed by atoms with Gasteiger partial charge in [0.15, 0.2) is 5.60 Å². The Balaban J connectivity index is 1.84. The summed E-state index contributed by atoms with van der Waals surface area (Å²) in [6.07, 6.45) is 12.5. The van der Waals surface area contributed by atoms with E-state index < -0.39 is 5.60 Å². The normalized spacial score (nSPS) is 34.1. The predicted molar refractivity (Wildman–Crippen MR) is 73.1 cm³/mol. The van der Waals surface area contributed by atoms with Crippen molar-refractivity contribution in [3.05, 3.63) is 0 Å². The molecular weight excluding hydrogens is 222 g/mol. The van der Waals surface area contributed by atoms with Crippen LogP contribution in [0.1, 0.15) is 71.1 Å². The maximum absolute atomic E-state index is 9.39. The minimum absolute atomic E-state index is 0.443. The third-order valence-corrected chi connectivity index (χ3v) is 4.94. The van der Waals surface area contributed by atoms with Crippen LogP contribution >= 0.6 is 0 Å². The highest BCUT2D eigenvalue weighted by atomic mass is 16.5. The number of rotatable bonds is 4. The van der Waals surface area contributed by atoms with Gasteiger partial charge in [-0.05, 0) is 43.9 Å². The highest BCUT2D eigenvalue weighted by molar-refractivity contribution is 5.05. The average Bonchev–Trinajstić information content (AvgIpc) is 2.47. The minimum Gasteiger partial charge on any atom is -0.360 e. The van der Waals surface area contributed by atoms with E-state index in [2.05, 4.69) is 13.0 Å². The van der Waals surface area contributed by atoms with E-state index >= 15 is 0 Å². The third kappa shape index (κ3) is 3.26. The zero-order chi connectivity index (χ0) is 12.8. The second kappa shape index (κ2) is 6.57. The van der Waals surface area contributed by atoms with Crippen LogP contribution < -0.4 is 0 Å². The third-order valence-electron chi connectivity index (χ3n) is 4.94. The first-order valence-corrected chi connectivity index (χ1v) is 7.85. The van der Waals surface area contributed by atoms with Crippen molar-refractivity contribution in [1.82, 2.24) is 0 Å². The Morgan fingerprint density at radius 1 is 1.06 bits per heavy atom. The largest absolute Gasteiger partial charge is 0.360 e. The topological polar surface area (TPSA) is 33.0 Å². The molecule has 2 nitrogen and oxygen atoms in total. The molecule has 0 radical (unpaired) electrons. The SMILES string of the molecule is CCCOC1(C#N)CCC(C2CCCCC2)CC1. The van der Waals surface area contributed by atoms with Crippen molar-refractivity contribution in [3.8, 4) is 6.07 Å². The molecule has 0 aromatic rings. The van der Waals surface area contributed by atoms with Gasteiger partial charge in [-0.15, -0.1) is 0 Å². The van der Waals surface area contributed by atoms with Gasteiger partial charge in [-0.2, -0.15) is 5.26 Å². The van der Waals surface area contributed by atoms with Crippen molar-refractivity contribution in [2.45, 2.75) is 76.7 Å². The fraction of sp³-hybridized carbons (Fsp3) is 0.938. The highest BCUT2D eigenvalue weighted by Crippen LogP contribution is 2.42. The molecule has 0 aromatic heterocycles. The standard InChI is InChI=1S/C16H27NO/c1-2-12-18-16(13-17)10-8-15(9-11-16)14-6-4-3-5-7-14/h14-15H,2-12H2,1H3. The molecule has 18 heavy (non-hydrogen) atoms. The van der Waals surface area contributed by atoms with Crippen LogP contribution in [0, 0.1) is 23.2 Å². The van der Waals surface area contributed by atoms with Gasteiger partial charge in [-0.1, -0.05) is 39.0 Å². The summed E-state index contributed by atoms with van der Waals surface area (Å²) in [5.74, 6) is 1.82. The van der Waals surface area contributed by atoms with Crippen LogP contribution in [0.25, 0.3) is 0 Å². The van der Waals surface area contributed by atoms with Crippen molar-refractivity contribution in [3.63, 3.8) is 0 Å². The molecule has 0 aliphatic heterocycles. The zero-order valence-corrected chi connectivity index (χ0v) is 11.8. The summed E-state index contributed by atoms with van der Waals surface area (Å²) >= 11 is 0. The lowest BCUT2D eigenvalue weighted by Gasteiger charge is -2.39. The summed E-state index contributed by atoms with van der Waals surface area (Å²) in [4.78, 5) is 0. The molecule has 2 rings (SSSR count). The highest BCUT2D eigenvalue weighted by Gasteiger charge is 2.38. The summed E-state index contributed by atoms with van der Waals surface area (Å²) in [6.45, 7) is 2.85. The molecule has 2 aliphatic carbocycles. The van der Waals surface area contributed by atoms with Crippen molar-refractivity contribution in [2.75, 3.05) is 6.61 Å². The number of ether oxygens (including phenoxy) is 1. The summed E-state index contributed by atoms with van der Waals surface area (Å²) in [5.41, 5.74) is -0.443. The van der Waals surface area contributed by atoms with Crippen LogP contribution in [0.15, 0.2) is 0 Å². The van der Waals surface area contributed by atoms with Gasteiger partial charge in [0.05, 0.1) is 6.07 Å². The summed E-state index contributed by atoms with van der Waals surface area (Å²) in [6, 6.07) is 2.45. The maximum Gasteiger partial charge on any atom is 0.154 e. The summed E-state index contributed by atoms with van der Waals surface area (Å²) in [7, 11) is 0. The molecule has 2 saturated carbocycles. The second-order valence-corrected chi connectivity index (χ2v) is 6.19. The lowest BCUT2D eigenvalue weighted by molar-refractivity contribution is -0.0432. The quantitative estimate of drug-likeness (QED) is 0.737. The van der Waals surface area contributed by atoms with E-state index in [0.717, 1.165) is 37.7 Å². The molecule has 0 saturated heterocycles. The summed E-state index contributed by atoms with van der Waals surface area (Å²) < 4.78 is 5.84. The number of hydrogen-bond acceptors (Lipinski definition) is 2. The molecule has 0 unspecified atom stereocenters. The predicted octanol–water partition coefficient (Wildman–Crippen LogP) is 4.45. The van der Waals surface area contributed by atoms with E-state index in [1.54, 1.807) is 0 Å². The van der Waals surface area contributed by atoms with Gasteiger partial charge in [-0.25, -0.2) is 0 Å². The average molecular weight is 249 g/mol. The van der Waals surface area contributed by atoms with Gasteiger partial charge in [0.2, 0.25) is 0 Å². The van der Waals surface area contributed by atoms with Crippen molar-refractivity contribution in [1.29, 1.82) is 5.26 Å². The second-order valence-electron chi connectivity index (χ2n) is 6.19. The Morgan fingerprint density at radius 2 is 1.67 bits per heavy atom. The molecule has 0 bridgehead atoms. The van der Waals surface area contributed by atoms with Gasteiger partial charge in [0.1, 0.15) is 0 Å². The van der Waals surface area contributed by atoms with Crippen LogP contribution in [-0.4, -0.2) is 12.2 Å². The molecule has 0 spiro atoms. The van der Waals surface area contributed by atoms with Crippen molar-refractivity contribution < 1.29 is 4.74 Å². The van der Waals surface area contributed by atoms with E-state index in [-0.39, 0.29) is 0 Å². The molecule has 0 heterocycles. The van der Waals surface area contributed by atoms with Gasteiger partial charge in [-0.3, -0.25) is 0 Å². The fourth-order valence-electron chi connectivity index (χ4n) is 3.77. The monoisotopic (exact) mass is 249 g/mol. The van der Waals surface area contributed by atoms with Crippen LogP contribution in [0.5, 0.6) is 0 Å². The maximum atomic E-state index is 9.39. The molecule has 2 aliphatic rings. The lowest BCUT2D eigenvalue weighted by Crippen LogP contribution is -2.38. The molecule has 0 amide bonds. The lowest BCUT2D eigenvalue weighted by atomic mass is 9.70. The Morgan fingerprint density at radius 3 is 2.22 bits per heavy atom. The number of nitriles is 1. The number of nitrogens with zero attached hydrogens (tertiary/aromatic N) is 1. The molecule has 2 heteroatoms. The molecule has 0 N–H and O–H groups in total. The molecule has 0 atom stereocenters. The van der Waals surface area contributed by atoms with Gasteiger partial charge >= 0.3 is 0 Å². The Kier molecular flexibility index (Phi) is 5.06. The smallest absolute Gasteiger partial charge is 0.154 e. The van der Waals surface area contributed by atoms with Crippen LogP contribution in [0.4, 0.5) is 0 Å². The van der Waals surface area contributed by atoms with Crippen LogP contribution in [0.3, 0.4) is 0 Å².